The fourth-order valence-electron chi connectivity index (χ4n) is 2.88. The summed E-state index contributed by atoms with van der Waals surface area (Å²) in [5, 5.41) is 12.3. The second-order valence-corrected chi connectivity index (χ2v) is 7.54. The molecule has 0 radical (unpaired) electrons. The summed E-state index contributed by atoms with van der Waals surface area (Å²) in [5.41, 5.74) is 0.942. The van der Waals surface area contributed by atoms with Gasteiger partial charge in [0.05, 0.1) is 13.2 Å². The molecule has 0 spiro atoms. The van der Waals surface area contributed by atoms with Gasteiger partial charge in [-0.15, -0.1) is 10.2 Å². The highest BCUT2D eigenvalue weighted by atomic mass is 32.2. The number of aromatic nitrogens is 3. The van der Waals surface area contributed by atoms with Gasteiger partial charge in [0, 0.05) is 38.4 Å². The van der Waals surface area contributed by atoms with Crippen molar-refractivity contribution in [2.75, 3.05) is 26.0 Å². The summed E-state index contributed by atoms with van der Waals surface area (Å²) in [6.07, 6.45) is 6.52. The van der Waals surface area contributed by atoms with Gasteiger partial charge in [0.1, 0.15) is 11.6 Å². The number of hydrogen-bond acceptors (Lipinski definition) is 6. The first-order valence-corrected chi connectivity index (χ1v) is 10.4. The lowest BCUT2D eigenvalue weighted by Gasteiger charge is -2.08. The van der Waals surface area contributed by atoms with Crippen LogP contribution in [-0.2, 0) is 23.0 Å². The van der Waals surface area contributed by atoms with Crippen LogP contribution in [0.3, 0.4) is 0 Å². The Kier molecular flexibility index (Phi) is 7.50. The van der Waals surface area contributed by atoms with E-state index in [0.717, 1.165) is 47.5 Å². The van der Waals surface area contributed by atoms with Crippen molar-refractivity contribution in [3.05, 3.63) is 41.7 Å². The molecule has 1 fully saturated rings. The first-order valence-electron chi connectivity index (χ1n) is 9.38. The number of rotatable bonds is 9. The zero-order chi connectivity index (χ0) is 19.8. The Hall–Kier alpha value is -2.32. The SMILES string of the molecule is COc1ccc(/C=C/C(=O)NCCc2nnc(SC[C@@H]3CCCO3)n2C)cc1. The molecule has 150 valence electrons. The molecule has 2 heterocycles. The van der Waals surface area contributed by atoms with Crippen molar-refractivity contribution in [2.45, 2.75) is 30.5 Å². The zero-order valence-electron chi connectivity index (χ0n) is 16.3. The molecule has 1 aromatic carbocycles. The number of thioether (sulfide) groups is 1. The van der Waals surface area contributed by atoms with E-state index in [2.05, 4.69) is 15.5 Å². The number of ether oxygens (including phenoxy) is 2. The van der Waals surface area contributed by atoms with Gasteiger partial charge >= 0.3 is 0 Å². The smallest absolute Gasteiger partial charge is 0.244 e. The van der Waals surface area contributed by atoms with E-state index in [4.69, 9.17) is 9.47 Å². The fourth-order valence-corrected chi connectivity index (χ4v) is 3.87. The minimum absolute atomic E-state index is 0.133. The van der Waals surface area contributed by atoms with Crippen LogP contribution in [0.1, 0.15) is 24.2 Å². The lowest BCUT2D eigenvalue weighted by molar-refractivity contribution is -0.116. The van der Waals surface area contributed by atoms with Crippen LogP contribution in [0.2, 0.25) is 0 Å². The van der Waals surface area contributed by atoms with Gasteiger partial charge < -0.3 is 19.4 Å². The minimum Gasteiger partial charge on any atom is -0.497 e. The normalized spacial score (nSPS) is 16.6. The number of carbonyl (C=O) groups excluding carboxylic acids is 1. The van der Waals surface area contributed by atoms with Crippen LogP contribution in [0, 0.1) is 0 Å². The van der Waals surface area contributed by atoms with Gasteiger partial charge in [-0.1, -0.05) is 23.9 Å². The zero-order valence-corrected chi connectivity index (χ0v) is 17.1. The Labute approximate surface area is 169 Å². The molecule has 1 aliphatic rings. The third-order valence-corrected chi connectivity index (χ3v) is 5.69. The van der Waals surface area contributed by atoms with Gasteiger partial charge in [-0.25, -0.2) is 0 Å². The van der Waals surface area contributed by atoms with Crippen molar-refractivity contribution in [1.29, 1.82) is 0 Å². The van der Waals surface area contributed by atoms with Crippen molar-refractivity contribution in [2.24, 2.45) is 7.05 Å². The summed E-state index contributed by atoms with van der Waals surface area (Å²) >= 11 is 1.67. The number of methoxy groups -OCH3 is 1. The number of hydrogen-bond donors (Lipinski definition) is 1. The van der Waals surface area contributed by atoms with Gasteiger partial charge in [-0.05, 0) is 36.6 Å². The molecule has 1 atom stereocenters. The molecule has 1 aromatic heterocycles. The topological polar surface area (TPSA) is 78.3 Å². The Balaban J connectivity index is 1.41. The second kappa shape index (κ2) is 10.3. The second-order valence-electron chi connectivity index (χ2n) is 6.55. The Bertz CT molecular complexity index is 798. The van der Waals surface area contributed by atoms with Gasteiger partial charge in [0.2, 0.25) is 5.91 Å². The van der Waals surface area contributed by atoms with Gasteiger partial charge in [0.15, 0.2) is 5.16 Å². The highest BCUT2D eigenvalue weighted by Gasteiger charge is 2.17. The monoisotopic (exact) mass is 402 g/mol. The first-order chi connectivity index (χ1) is 13.7. The summed E-state index contributed by atoms with van der Waals surface area (Å²) in [6.45, 7) is 1.37. The molecule has 1 amide bonds. The maximum Gasteiger partial charge on any atom is 0.244 e. The Morgan fingerprint density at radius 3 is 2.93 bits per heavy atom. The molecule has 0 unspecified atom stereocenters. The molecule has 7 nitrogen and oxygen atoms in total. The van der Waals surface area contributed by atoms with E-state index in [1.165, 1.54) is 6.08 Å². The molecule has 28 heavy (non-hydrogen) atoms. The molecule has 1 N–H and O–H groups in total. The maximum atomic E-state index is 12.0. The predicted molar refractivity (Wildman–Crippen MR) is 109 cm³/mol. The van der Waals surface area contributed by atoms with Crippen LogP contribution in [0.15, 0.2) is 35.5 Å². The van der Waals surface area contributed by atoms with E-state index in [-0.39, 0.29) is 5.91 Å². The minimum atomic E-state index is -0.133. The number of nitrogens with zero attached hydrogens (tertiary/aromatic N) is 3. The van der Waals surface area contributed by atoms with E-state index in [1.807, 2.05) is 35.9 Å². The third-order valence-electron chi connectivity index (χ3n) is 4.54. The molecule has 1 saturated heterocycles. The molecular formula is C20H26N4O3S. The summed E-state index contributed by atoms with van der Waals surface area (Å²) in [4.78, 5) is 12.0. The molecule has 2 aromatic rings. The van der Waals surface area contributed by atoms with Crippen molar-refractivity contribution in [3.63, 3.8) is 0 Å². The van der Waals surface area contributed by atoms with Gasteiger partial charge in [-0.2, -0.15) is 0 Å². The van der Waals surface area contributed by atoms with E-state index < -0.39 is 0 Å². The quantitative estimate of drug-likeness (QED) is 0.513. The molecule has 0 saturated carbocycles. The van der Waals surface area contributed by atoms with Crippen molar-refractivity contribution in [1.82, 2.24) is 20.1 Å². The fraction of sp³-hybridized carbons (Fsp3) is 0.450. The number of amides is 1. The average molecular weight is 403 g/mol. The van der Waals surface area contributed by atoms with E-state index in [0.29, 0.717) is 19.1 Å². The van der Waals surface area contributed by atoms with E-state index >= 15 is 0 Å². The van der Waals surface area contributed by atoms with Crippen LogP contribution in [-0.4, -0.2) is 52.8 Å². The van der Waals surface area contributed by atoms with Crippen LogP contribution >= 0.6 is 11.8 Å². The first kappa shape index (κ1) is 20.4. The molecule has 1 aliphatic heterocycles. The molecule has 0 aliphatic carbocycles. The van der Waals surface area contributed by atoms with Crippen LogP contribution < -0.4 is 10.1 Å². The lowest BCUT2D eigenvalue weighted by Crippen LogP contribution is -2.24. The van der Waals surface area contributed by atoms with Crippen LogP contribution in [0.25, 0.3) is 6.08 Å². The third kappa shape index (κ3) is 5.84. The average Bonchev–Trinajstić information content (AvgIpc) is 3.35. The summed E-state index contributed by atoms with van der Waals surface area (Å²) < 4.78 is 12.7. The Morgan fingerprint density at radius 2 is 2.21 bits per heavy atom. The van der Waals surface area contributed by atoms with Crippen LogP contribution in [0.5, 0.6) is 5.75 Å². The largest absolute Gasteiger partial charge is 0.497 e. The van der Waals surface area contributed by atoms with Crippen molar-refractivity contribution >= 4 is 23.7 Å². The van der Waals surface area contributed by atoms with Gasteiger partial charge in [-0.3, -0.25) is 4.79 Å². The highest BCUT2D eigenvalue weighted by molar-refractivity contribution is 7.99. The molecule has 0 bridgehead atoms. The molecule has 3 rings (SSSR count). The van der Waals surface area contributed by atoms with E-state index in [9.17, 15) is 4.79 Å². The predicted octanol–water partition coefficient (Wildman–Crippen LogP) is 2.47. The summed E-state index contributed by atoms with van der Waals surface area (Å²) in [7, 11) is 3.58. The number of benzene rings is 1. The summed E-state index contributed by atoms with van der Waals surface area (Å²) in [6, 6.07) is 7.52. The number of carbonyl (C=O) groups is 1. The van der Waals surface area contributed by atoms with Crippen molar-refractivity contribution < 1.29 is 14.3 Å². The lowest BCUT2D eigenvalue weighted by atomic mass is 10.2. The summed E-state index contributed by atoms with van der Waals surface area (Å²) in [5.74, 6) is 2.41. The van der Waals surface area contributed by atoms with Crippen LogP contribution in [0.4, 0.5) is 0 Å². The Morgan fingerprint density at radius 1 is 1.39 bits per heavy atom. The highest BCUT2D eigenvalue weighted by Crippen LogP contribution is 2.22. The molecular weight excluding hydrogens is 376 g/mol. The van der Waals surface area contributed by atoms with E-state index in [1.54, 1.807) is 24.9 Å². The standard InChI is InChI=1S/C20H26N4O3S/c1-24-18(22-23-20(24)28-14-17-4-3-13-27-17)11-12-21-19(25)10-7-15-5-8-16(26-2)9-6-15/h5-10,17H,3-4,11-14H2,1-2H3,(H,21,25)/b10-7+/t17-/m0/s1. The van der Waals surface area contributed by atoms with Crippen molar-refractivity contribution in [3.8, 4) is 5.75 Å². The van der Waals surface area contributed by atoms with Gasteiger partial charge in [0.25, 0.3) is 0 Å². The maximum absolute atomic E-state index is 12.0. The number of nitrogens with one attached hydrogen (secondary N) is 1. The molecule has 8 heteroatoms.